The number of hydrogen-bond acceptors (Lipinski definition) is 5. The van der Waals surface area contributed by atoms with Gasteiger partial charge in [-0.1, -0.05) is 18.0 Å². The minimum atomic E-state index is 0.493. The Bertz CT molecular complexity index is 402. The third-order valence-corrected chi connectivity index (χ3v) is 4.63. The van der Waals surface area contributed by atoms with Gasteiger partial charge in [-0.15, -0.1) is 0 Å². The van der Waals surface area contributed by atoms with Gasteiger partial charge < -0.3 is 10.2 Å². The molecule has 1 atom stereocenters. The van der Waals surface area contributed by atoms with Crippen LogP contribution in [-0.4, -0.2) is 41.6 Å². The van der Waals surface area contributed by atoms with E-state index < -0.39 is 0 Å². The van der Waals surface area contributed by atoms with Gasteiger partial charge in [0.2, 0.25) is 0 Å². The molecule has 1 aromatic rings. The average molecular weight is 287 g/mol. The van der Waals surface area contributed by atoms with Crippen molar-refractivity contribution >= 4 is 34.9 Å². The zero-order valence-corrected chi connectivity index (χ0v) is 12.4. The van der Waals surface area contributed by atoms with Crippen LogP contribution in [0.5, 0.6) is 0 Å². The van der Waals surface area contributed by atoms with Crippen molar-refractivity contribution in [1.82, 2.24) is 9.97 Å². The fourth-order valence-corrected chi connectivity index (χ4v) is 3.25. The van der Waals surface area contributed by atoms with E-state index in [9.17, 15) is 0 Å². The molecule has 1 saturated heterocycles. The lowest BCUT2D eigenvalue weighted by Gasteiger charge is -2.26. The van der Waals surface area contributed by atoms with Crippen LogP contribution in [0.15, 0.2) is 6.33 Å². The highest BCUT2D eigenvalue weighted by atomic mass is 35.5. The van der Waals surface area contributed by atoms with Gasteiger partial charge in [-0.25, -0.2) is 9.97 Å². The summed E-state index contributed by atoms with van der Waals surface area (Å²) < 4.78 is 0. The number of rotatable bonds is 3. The number of halogens is 1. The summed E-state index contributed by atoms with van der Waals surface area (Å²) in [5.41, 5.74) is 0.834. The Kier molecular flexibility index (Phi) is 4.95. The summed E-state index contributed by atoms with van der Waals surface area (Å²) >= 11 is 8.05. The van der Waals surface area contributed by atoms with Gasteiger partial charge in [-0.3, -0.25) is 0 Å². The Morgan fingerprint density at radius 1 is 1.44 bits per heavy atom. The monoisotopic (exact) mass is 286 g/mol. The molecule has 1 aliphatic rings. The second-order valence-electron chi connectivity index (χ2n) is 4.41. The van der Waals surface area contributed by atoms with E-state index in [1.807, 2.05) is 18.8 Å². The molecule has 0 bridgehead atoms. The summed E-state index contributed by atoms with van der Waals surface area (Å²) in [5, 5.41) is 4.27. The van der Waals surface area contributed by atoms with Crippen molar-refractivity contribution in [3.63, 3.8) is 0 Å². The number of aromatic nitrogens is 2. The molecule has 1 aromatic heterocycles. The zero-order valence-electron chi connectivity index (χ0n) is 10.8. The van der Waals surface area contributed by atoms with Gasteiger partial charge in [0.1, 0.15) is 12.0 Å². The fraction of sp³-hybridized carbons (Fsp3) is 0.667. The molecular weight excluding hydrogens is 268 g/mol. The second kappa shape index (κ2) is 6.48. The Morgan fingerprint density at radius 3 is 3.00 bits per heavy atom. The molecule has 0 aromatic carbocycles. The van der Waals surface area contributed by atoms with Crippen molar-refractivity contribution in [3.8, 4) is 0 Å². The molecule has 2 rings (SSSR count). The highest BCUT2D eigenvalue weighted by molar-refractivity contribution is 7.99. The van der Waals surface area contributed by atoms with Crippen LogP contribution in [0.1, 0.15) is 19.3 Å². The molecule has 4 nitrogen and oxygen atoms in total. The standard InChI is InChI=1S/C12H19ClN4S/c1-14-10-11(13)15-8-16-12(10)17-6-4-3-5-9(7-17)18-2/h8-9,14H,3-7H2,1-2H3. The van der Waals surface area contributed by atoms with Crippen molar-refractivity contribution in [2.24, 2.45) is 0 Å². The lowest BCUT2D eigenvalue weighted by molar-refractivity contribution is 0.736. The number of nitrogens with one attached hydrogen (secondary N) is 1. The third kappa shape index (κ3) is 3.01. The molecule has 0 amide bonds. The summed E-state index contributed by atoms with van der Waals surface area (Å²) in [5.74, 6) is 0.929. The van der Waals surface area contributed by atoms with Crippen LogP contribution in [0.3, 0.4) is 0 Å². The van der Waals surface area contributed by atoms with Crippen molar-refractivity contribution in [2.45, 2.75) is 24.5 Å². The molecule has 100 valence electrons. The molecule has 1 N–H and O–H groups in total. The Hall–Kier alpha value is -0.680. The van der Waals surface area contributed by atoms with Crippen LogP contribution < -0.4 is 10.2 Å². The lowest BCUT2D eigenvalue weighted by atomic mass is 10.2. The predicted octanol–water partition coefficient (Wildman–Crippen LogP) is 2.89. The molecule has 0 spiro atoms. The van der Waals surface area contributed by atoms with Crippen LogP contribution in [0.2, 0.25) is 5.15 Å². The van der Waals surface area contributed by atoms with Crippen molar-refractivity contribution in [2.75, 3.05) is 36.6 Å². The van der Waals surface area contributed by atoms with E-state index in [0.717, 1.165) is 24.6 Å². The van der Waals surface area contributed by atoms with E-state index in [1.54, 1.807) is 0 Å². The maximum absolute atomic E-state index is 6.11. The zero-order chi connectivity index (χ0) is 13.0. The van der Waals surface area contributed by atoms with Gasteiger partial charge in [-0.05, 0) is 19.1 Å². The third-order valence-electron chi connectivity index (χ3n) is 3.29. The first-order valence-corrected chi connectivity index (χ1v) is 7.88. The lowest BCUT2D eigenvalue weighted by Crippen LogP contribution is -2.31. The maximum atomic E-state index is 6.11. The second-order valence-corrected chi connectivity index (χ2v) is 5.91. The maximum Gasteiger partial charge on any atom is 0.157 e. The van der Waals surface area contributed by atoms with Crippen LogP contribution in [0, 0.1) is 0 Å². The van der Waals surface area contributed by atoms with Gasteiger partial charge in [0, 0.05) is 25.4 Å². The number of nitrogens with zero attached hydrogens (tertiary/aromatic N) is 3. The van der Waals surface area contributed by atoms with Crippen LogP contribution >= 0.6 is 23.4 Å². The smallest absolute Gasteiger partial charge is 0.157 e. The number of thioether (sulfide) groups is 1. The Morgan fingerprint density at radius 2 is 2.28 bits per heavy atom. The van der Waals surface area contributed by atoms with Crippen LogP contribution in [0.4, 0.5) is 11.5 Å². The normalized spacial score (nSPS) is 20.6. The molecule has 0 saturated carbocycles. The van der Waals surface area contributed by atoms with Crippen LogP contribution in [0.25, 0.3) is 0 Å². The highest BCUT2D eigenvalue weighted by Gasteiger charge is 2.21. The van der Waals surface area contributed by atoms with E-state index in [2.05, 4.69) is 26.4 Å². The number of anilines is 2. The van der Waals surface area contributed by atoms with E-state index in [-0.39, 0.29) is 0 Å². The molecule has 1 fully saturated rings. The minimum absolute atomic E-state index is 0.493. The predicted molar refractivity (Wildman–Crippen MR) is 80.0 cm³/mol. The molecule has 1 unspecified atom stereocenters. The molecule has 0 radical (unpaired) electrons. The van der Waals surface area contributed by atoms with Crippen molar-refractivity contribution < 1.29 is 0 Å². The van der Waals surface area contributed by atoms with Gasteiger partial charge >= 0.3 is 0 Å². The summed E-state index contributed by atoms with van der Waals surface area (Å²) in [6.07, 6.45) is 7.50. The van der Waals surface area contributed by atoms with E-state index >= 15 is 0 Å². The SMILES string of the molecule is CNc1c(Cl)ncnc1N1CCCCC(SC)C1. The summed E-state index contributed by atoms with van der Waals surface area (Å²) in [6.45, 7) is 2.07. The fourth-order valence-electron chi connectivity index (χ4n) is 2.30. The molecule has 0 aliphatic carbocycles. The first-order chi connectivity index (χ1) is 8.76. The summed E-state index contributed by atoms with van der Waals surface area (Å²) in [6, 6.07) is 0. The van der Waals surface area contributed by atoms with Crippen molar-refractivity contribution in [1.29, 1.82) is 0 Å². The first kappa shape index (κ1) is 13.7. The first-order valence-electron chi connectivity index (χ1n) is 6.22. The Labute approximate surface area is 118 Å². The molecule has 6 heteroatoms. The van der Waals surface area contributed by atoms with Gasteiger partial charge in [0.15, 0.2) is 11.0 Å². The Balaban J connectivity index is 2.26. The highest BCUT2D eigenvalue weighted by Crippen LogP contribution is 2.31. The van der Waals surface area contributed by atoms with E-state index in [4.69, 9.17) is 11.6 Å². The minimum Gasteiger partial charge on any atom is -0.383 e. The molecule has 1 aliphatic heterocycles. The summed E-state index contributed by atoms with van der Waals surface area (Å²) in [7, 11) is 1.86. The van der Waals surface area contributed by atoms with Crippen LogP contribution in [-0.2, 0) is 0 Å². The average Bonchev–Trinajstić information content (AvgIpc) is 2.63. The summed E-state index contributed by atoms with van der Waals surface area (Å²) in [4.78, 5) is 10.8. The van der Waals surface area contributed by atoms with E-state index in [1.165, 1.54) is 25.6 Å². The largest absolute Gasteiger partial charge is 0.383 e. The van der Waals surface area contributed by atoms with Gasteiger partial charge in [0.25, 0.3) is 0 Å². The quantitative estimate of drug-likeness (QED) is 0.866. The molecular formula is C12H19ClN4S. The van der Waals surface area contributed by atoms with E-state index in [0.29, 0.717) is 10.4 Å². The van der Waals surface area contributed by atoms with Gasteiger partial charge in [-0.2, -0.15) is 11.8 Å². The molecule has 2 heterocycles. The topological polar surface area (TPSA) is 41.1 Å². The molecule has 18 heavy (non-hydrogen) atoms. The van der Waals surface area contributed by atoms with Crippen molar-refractivity contribution in [3.05, 3.63) is 11.5 Å². The number of hydrogen-bond donors (Lipinski definition) is 1. The van der Waals surface area contributed by atoms with Gasteiger partial charge in [0.05, 0.1) is 0 Å².